The van der Waals surface area contributed by atoms with Gasteiger partial charge in [-0.1, -0.05) is 60.7 Å². The molecule has 0 radical (unpaired) electrons. The van der Waals surface area contributed by atoms with E-state index in [0.29, 0.717) is 37.1 Å². The zero-order valence-electron chi connectivity index (χ0n) is 32.1. The summed E-state index contributed by atoms with van der Waals surface area (Å²) >= 11 is 0. The zero-order valence-corrected chi connectivity index (χ0v) is 32.1. The minimum absolute atomic E-state index is 0.0165. The molecule has 0 spiro atoms. The predicted molar refractivity (Wildman–Crippen MR) is 215 cm³/mol. The number of nitrogens with zero attached hydrogens (tertiary/aromatic N) is 3. The quantitative estimate of drug-likeness (QED) is 0.159. The van der Waals surface area contributed by atoms with Crippen molar-refractivity contribution in [2.24, 2.45) is 13.0 Å². The fourth-order valence-corrected chi connectivity index (χ4v) is 9.00. The van der Waals surface area contributed by atoms with Crippen molar-refractivity contribution >= 4 is 22.6 Å². The van der Waals surface area contributed by atoms with E-state index >= 15 is 0 Å². The van der Waals surface area contributed by atoms with Gasteiger partial charge >= 0.3 is 0 Å². The molecule has 4 aromatic carbocycles. The molecule has 1 aromatic heterocycles. The molecule has 55 heavy (non-hydrogen) atoms. The standard InChI is InChI=1S/C46H50N4O5/c1-48-28-40(38-9-4-5-10-39(38)46(48)53)36-24-42(54-2)41(43(25-36)55-3)29-50-22-19-37-34(7-6-8-35(37)27-50)26-49-20-17-32(18-21-49)31-13-11-30(12-14-31)23-33-15-16-44(51)47-45(33)52/h4-14,24-25,28,32-33H,15-23,26-27,29H2,1-3H3,(H,47,51,52). The Labute approximate surface area is 322 Å². The Morgan fingerprint density at radius 1 is 0.764 bits per heavy atom. The number of amides is 2. The first-order valence-corrected chi connectivity index (χ1v) is 19.6. The molecule has 9 heteroatoms. The summed E-state index contributed by atoms with van der Waals surface area (Å²) < 4.78 is 13.6. The van der Waals surface area contributed by atoms with E-state index in [-0.39, 0.29) is 23.3 Å². The van der Waals surface area contributed by atoms with Crippen LogP contribution in [0.2, 0.25) is 0 Å². The van der Waals surface area contributed by atoms with Crippen LogP contribution in [0.15, 0.2) is 89.9 Å². The van der Waals surface area contributed by atoms with Gasteiger partial charge in [0, 0.05) is 62.7 Å². The lowest BCUT2D eigenvalue weighted by Gasteiger charge is -2.34. The van der Waals surface area contributed by atoms with Gasteiger partial charge in [-0.15, -0.1) is 0 Å². The van der Waals surface area contributed by atoms with Crippen LogP contribution in [0.5, 0.6) is 11.5 Å². The molecule has 1 atom stereocenters. The highest BCUT2D eigenvalue weighted by Gasteiger charge is 2.28. The maximum Gasteiger partial charge on any atom is 0.258 e. The van der Waals surface area contributed by atoms with Crippen molar-refractivity contribution in [3.63, 3.8) is 0 Å². The molecule has 0 bridgehead atoms. The Balaban J connectivity index is 0.907. The highest BCUT2D eigenvalue weighted by atomic mass is 16.5. The molecule has 0 aliphatic carbocycles. The Morgan fingerprint density at radius 2 is 1.49 bits per heavy atom. The summed E-state index contributed by atoms with van der Waals surface area (Å²) in [5, 5.41) is 4.08. The van der Waals surface area contributed by atoms with Crippen LogP contribution < -0.4 is 20.3 Å². The molecule has 1 unspecified atom stereocenters. The van der Waals surface area contributed by atoms with Gasteiger partial charge in [-0.05, 0) is 108 Å². The SMILES string of the molecule is COc1cc(-c2cn(C)c(=O)c3ccccc23)cc(OC)c1CN1CCc2c(CN3CCC(c4ccc(CC5CCC(=O)NC5=O)cc4)CC3)cccc2C1. The second-order valence-electron chi connectivity index (χ2n) is 15.5. The molecule has 8 rings (SSSR count). The second kappa shape index (κ2) is 15.8. The van der Waals surface area contributed by atoms with Crippen molar-refractivity contribution in [2.75, 3.05) is 33.9 Å². The molecule has 2 amide bonds. The van der Waals surface area contributed by atoms with Crippen LogP contribution in [0.25, 0.3) is 21.9 Å². The minimum Gasteiger partial charge on any atom is -0.496 e. The van der Waals surface area contributed by atoms with Gasteiger partial charge in [-0.3, -0.25) is 29.5 Å². The minimum atomic E-state index is -0.159. The number of imide groups is 1. The smallest absolute Gasteiger partial charge is 0.258 e. The molecule has 2 saturated heterocycles. The topological polar surface area (TPSA) is 93.1 Å². The van der Waals surface area contributed by atoms with Gasteiger partial charge in [0.2, 0.25) is 11.8 Å². The lowest BCUT2D eigenvalue weighted by Crippen LogP contribution is -2.41. The van der Waals surface area contributed by atoms with Crippen LogP contribution in [-0.4, -0.2) is 60.0 Å². The van der Waals surface area contributed by atoms with E-state index in [2.05, 4.69) is 69.7 Å². The maximum atomic E-state index is 12.9. The van der Waals surface area contributed by atoms with Gasteiger partial charge in [0.1, 0.15) is 11.5 Å². The number of carbonyl (C=O) groups excluding carboxylic acids is 2. The normalized spacial score (nSPS) is 18.3. The van der Waals surface area contributed by atoms with Gasteiger partial charge in [0.15, 0.2) is 0 Å². The number of rotatable bonds is 10. The molecule has 284 valence electrons. The highest BCUT2D eigenvalue weighted by molar-refractivity contribution is 5.99. The molecule has 4 heterocycles. The number of methoxy groups -OCH3 is 2. The van der Waals surface area contributed by atoms with Crippen LogP contribution in [0.4, 0.5) is 0 Å². The first kappa shape index (κ1) is 36.7. The van der Waals surface area contributed by atoms with Crippen LogP contribution in [-0.2, 0) is 49.1 Å². The van der Waals surface area contributed by atoms with Crippen molar-refractivity contribution in [3.8, 4) is 22.6 Å². The maximum absolute atomic E-state index is 12.9. The number of ether oxygens (including phenoxy) is 2. The number of carbonyl (C=O) groups is 2. The Morgan fingerprint density at radius 3 is 2.20 bits per heavy atom. The summed E-state index contributed by atoms with van der Waals surface area (Å²) in [5.41, 5.74) is 9.77. The summed E-state index contributed by atoms with van der Waals surface area (Å²) in [5.74, 6) is 1.68. The number of aryl methyl sites for hydroxylation is 1. The number of piperidine rings is 2. The molecular weight excluding hydrogens is 689 g/mol. The van der Waals surface area contributed by atoms with Gasteiger partial charge in [0.05, 0.1) is 19.8 Å². The zero-order chi connectivity index (χ0) is 38.1. The summed E-state index contributed by atoms with van der Waals surface area (Å²) in [6.07, 6.45) is 6.91. The van der Waals surface area contributed by atoms with E-state index in [1.54, 1.807) is 25.8 Å². The number of pyridine rings is 1. The van der Waals surface area contributed by atoms with Crippen LogP contribution >= 0.6 is 0 Å². The second-order valence-corrected chi connectivity index (χ2v) is 15.5. The van der Waals surface area contributed by atoms with Crippen molar-refractivity contribution in [1.82, 2.24) is 19.7 Å². The van der Waals surface area contributed by atoms with Gasteiger partial charge < -0.3 is 14.0 Å². The van der Waals surface area contributed by atoms with Gasteiger partial charge in [0.25, 0.3) is 5.56 Å². The summed E-state index contributed by atoms with van der Waals surface area (Å²) in [7, 11) is 5.22. The van der Waals surface area contributed by atoms with Crippen LogP contribution in [0.1, 0.15) is 65.0 Å². The largest absolute Gasteiger partial charge is 0.496 e. The monoisotopic (exact) mass is 738 g/mol. The van der Waals surface area contributed by atoms with E-state index in [4.69, 9.17) is 9.47 Å². The Kier molecular flexibility index (Phi) is 10.6. The third-order valence-corrected chi connectivity index (χ3v) is 12.1. The lowest BCUT2D eigenvalue weighted by atomic mass is 9.86. The first-order valence-electron chi connectivity index (χ1n) is 19.6. The number of nitrogens with one attached hydrogen (secondary N) is 1. The molecule has 3 aliphatic heterocycles. The molecule has 0 saturated carbocycles. The van der Waals surface area contributed by atoms with E-state index in [1.165, 1.54) is 22.3 Å². The molecular formula is C46H50N4O5. The van der Waals surface area contributed by atoms with Crippen LogP contribution in [0.3, 0.4) is 0 Å². The first-order chi connectivity index (χ1) is 26.8. The molecule has 2 fully saturated rings. The summed E-state index contributed by atoms with van der Waals surface area (Å²) in [4.78, 5) is 41.7. The fraction of sp³-hybridized carbons (Fsp3) is 0.370. The average Bonchev–Trinajstić information content (AvgIpc) is 3.21. The molecule has 1 N–H and O–H groups in total. The van der Waals surface area contributed by atoms with E-state index in [1.807, 2.05) is 30.5 Å². The van der Waals surface area contributed by atoms with Crippen molar-refractivity contribution in [3.05, 3.63) is 129 Å². The van der Waals surface area contributed by atoms with Crippen LogP contribution in [0, 0.1) is 5.92 Å². The average molecular weight is 739 g/mol. The van der Waals surface area contributed by atoms with E-state index < -0.39 is 0 Å². The number of hydrogen-bond acceptors (Lipinski definition) is 7. The Hall–Kier alpha value is -5.25. The summed E-state index contributed by atoms with van der Waals surface area (Å²) in [6.45, 7) is 5.64. The van der Waals surface area contributed by atoms with E-state index in [9.17, 15) is 14.4 Å². The lowest BCUT2D eigenvalue weighted by molar-refractivity contribution is -0.136. The number of hydrogen-bond donors (Lipinski definition) is 1. The molecule has 9 nitrogen and oxygen atoms in total. The summed E-state index contributed by atoms with van der Waals surface area (Å²) in [6, 6.07) is 27.5. The highest BCUT2D eigenvalue weighted by Crippen LogP contribution is 2.39. The fourth-order valence-electron chi connectivity index (χ4n) is 9.00. The van der Waals surface area contributed by atoms with Crippen molar-refractivity contribution < 1.29 is 19.1 Å². The Bertz CT molecular complexity index is 2260. The number of likely N-dealkylation sites (tertiary alicyclic amines) is 1. The number of benzene rings is 4. The number of aromatic nitrogens is 1. The molecule has 3 aliphatic rings. The van der Waals surface area contributed by atoms with Gasteiger partial charge in [-0.25, -0.2) is 0 Å². The van der Waals surface area contributed by atoms with Crippen molar-refractivity contribution in [1.29, 1.82) is 0 Å². The van der Waals surface area contributed by atoms with E-state index in [0.717, 1.165) is 91.1 Å². The predicted octanol–water partition coefficient (Wildman–Crippen LogP) is 6.76. The molecule has 5 aromatic rings. The third-order valence-electron chi connectivity index (χ3n) is 12.1. The van der Waals surface area contributed by atoms with Crippen molar-refractivity contribution in [2.45, 2.75) is 64.1 Å². The third kappa shape index (κ3) is 7.68. The van der Waals surface area contributed by atoms with Gasteiger partial charge in [-0.2, -0.15) is 0 Å². The number of fused-ring (bicyclic) bond motifs is 2.